The molecule has 0 unspecified atom stereocenters. The van der Waals surface area contributed by atoms with Gasteiger partial charge in [-0.3, -0.25) is 4.79 Å². The summed E-state index contributed by atoms with van der Waals surface area (Å²) in [5.74, 6) is 0. The van der Waals surface area contributed by atoms with Crippen molar-refractivity contribution in [1.29, 1.82) is 0 Å². The van der Waals surface area contributed by atoms with E-state index in [-0.39, 0.29) is 10.8 Å². The molecule has 0 heterocycles. The molecule has 0 saturated carbocycles. The molecule has 0 fully saturated rings. The molecule has 0 spiro atoms. The van der Waals surface area contributed by atoms with Crippen LogP contribution in [-0.2, 0) is 5.41 Å². The highest BCUT2D eigenvalue weighted by Crippen LogP contribution is 2.30. The Morgan fingerprint density at radius 1 is 1.22 bits per heavy atom. The second-order valence-corrected chi connectivity index (χ2v) is 6.50. The fourth-order valence-corrected chi connectivity index (χ4v) is 2.55. The average molecular weight is 268 g/mol. The molecule has 0 aliphatic rings. The smallest absolute Gasteiger partial charge is 0.220 e. The first-order valence-electron chi connectivity index (χ1n) is 6.47. The molecule has 3 nitrogen and oxygen atoms in total. The van der Waals surface area contributed by atoms with Gasteiger partial charge in [0, 0.05) is 12.1 Å². The maximum Gasteiger partial charge on any atom is 0.220 e. The summed E-state index contributed by atoms with van der Waals surface area (Å²) in [6.45, 7) is 8.20. The zero-order valence-corrected chi connectivity index (χ0v) is 12.9. The van der Waals surface area contributed by atoms with Gasteiger partial charge in [-0.25, -0.2) is 0 Å². The maximum atomic E-state index is 11.7. The quantitative estimate of drug-likeness (QED) is 0.635. The van der Waals surface area contributed by atoms with Gasteiger partial charge in [-0.15, -0.1) is 0 Å². The van der Waals surface area contributed by atoms with E-state index in [2.05, 4.69) is 45.1 Å². The number of unbranched alkanes of at least 4 members (excludes halogenated alkanes) is 1. The standard InChI is InChI=1S/C14H24N2OS/c1-14(2,3)10-11(12(17)13(10)18)15-8-6-7-9-16(4)5/h15H,6-9H2,1-5H3. The maximum absolute atomic E-state index is 11.7. The first kappa shape index (κ1) is 15.3. The summed E-state index contributed by atoms with van der Waals surface area (Å²) in [4.78, 5) is 13.9. The molecule has 0 aliphatic carbocycles. The van der Waals surface area contributed by atoms with Gasteiger partial charge in [0.15, 0.2) is 0 Å². The summed E-state index contributed by atoms with van der Waals surface area (Å²) in [6.07, 6.45) is 2.20. The zero-order chi connectivity index (χ0) is 13.9. The lowest BCUT2D eigenvalue weighted by atomic mass is 9.83. The minimum atomic E-state index is -0.0447. The van der Waals surface area contributed by atoms with Gasteiger partial charge in [-0.2, -0.15) is 0 Å². The Labute approximate surface area is 115 Å². The average Bonchev–Trinajstić information content (AvgIpc) is 2.24. The van der Waals surface area contributed by atoms with Crippen LogP contribution in [0, 0.1) is 4.51 Å². The van der Waals surface area contributed by atoms with Crippen molar-refractivity contribution < 1.29 is 0 Å². The topological polar surface area (TPSA) is 32.3 Å². The van der Waals surface area contributed by atoms with Crippen molar-refractivity contribution in [3.05, 3.63) is 20.3 Å². The van der Waals surface area contributed by atoms with E-state index in [9.17, 15) is 4.79 Å². The van der Waals surface area contributed by atoms with Gasteiger partial charge in [0.05, 0.1) is 10.2 Å². The fourth-order valence-electron chi connectivity index (χ4n) is 2.04. The Balaban J connectivity index is 2.52. The van der Waals surface area contributed by atoms with E-state index in [1.165, 1.54) is 0 Å². The second-order valence-electron chi connectivity index (χ2n) is 6.10. The lowest BCUT2D eigenvalue weighted by Crippen LogP contribution is -2.29. The summed E-state index contributed by atoms with van der Waals surface area (Å²) >= 11 is 5.13. The number of nitrogens with one attached hydrogen (secondary N) is 1. The van der Waals surface area contributed by atoms with Crippen LogP contribution in [0.4, 0.5) is 5.69 Å². The van der Waals surface area contributed by atoms with Gasteiger partial charge in [0.1, 0.15) is 0 Å². The van der Waals surface area contributed by atoms with Crippen LogP contribution >= 0.6 is 12.2 Å². The van der Waals surface area contributed by atoms with E-state index in [0.717, 1.165) is 37.2 Å². The Hall–Kier alpha value is -0.740. The molecule has 0 radical (unpaired) electrons. The molecule has 0 aliphatic heterocycles. The molecule has 4 heteroatoms. The van der Waals surface area contributed by atoms with Crippen LogP contribution < -0.4 is 10.7 Å². The Kier molecular flexibility index (Phi) is 5.05. The molecule has 0 atom stereocenters. The predicted molar refractivity (Wildman–Crippen MR) is 80.9 cm³/mol. The highest BCUT2D eigenvalue weighted by molar-refractivity contribution is 7.71. The van der Waals surface area contributed by atoms with E-state index < -0.39 is 0 Å². The Morgan fingerprint density at radius 2 is 1.83 bits per heavy atom. The monoisotopic (exact) mass is 268 g/mol. The largest absolute Gasteiger partial charge is 0.382 e. The van der Waals surface area contributed by atoms with Crippen LogP contribution in [0.25, 0.3) is 0 Å². The molecule has 18 heavy (non-hydrogen) atoms. The fraction of sp³-hybridized carbons (Fsp3) is 0.714. The summed E-state index contributed by atoms with van der Waals surface area (Å²) in [7, 11) is 4.14. The summed E-state index contributed by atoms with van der Waals surface area (Å²) in [5, 5.41) is 3.25. The van der Waals surface area contributed by atoms with E-state index in [1.807, 2.05) is 0 Å². The first-order chi connectivity index (χ1) is 8.25. The minimum Gasteiger partial charge on any atom is -0.382 e. The zero-order valence-electron chi connectivity index (χ0n) is 12.1. The van der Waals surface area contributed by atoms with Crippen molar-refractivity contribution in [1.82, 2.24) is 4.90 Å². The van der Waals surface area contributed by atoms with Gasteiger partial charge >= 0.3 is 0 Å². The first-order valence-corrected chi connectivity index (χ1v) is 6.88. The van der Waals surface area contributed by atoms with Gasteiger partial charge < -0.3 is 10.2 Å². The molecule has 0 amide bonds. The van der Waals surface area contributed by atoms with Crippen molar-refractivity contribution in [2.45, 2.75) is 39.0 Å². The molecular weight excluding hydrogens is 244 g/mol. The van der Waals surface area contributed by atoms with Gasteiger partial charge in [0.2, 0.25) is 5.43 Å². The molecule has 1 N–H and O–H groups in total. The van der Waals surface area contributed by atoms with Crippen LogP contribution in [0.1, 0.15) is 39.2 Å². The summed E-state index contributed by atoms with van der Waals surface area (Å²) < 4.78 is 0.512. The van der Waals surface area contributed by atoms with Crippen molar-refractivity contribution in [3.63, 3.8) is 0 Å². The molecule has 1 aromatic carbocycles. The number of hydrogen-bond acceptors (Lipinski definition) is 4. The SMILES string of the molecule is CN(C)CCCCNc1c(C(C)(C)C)c(=S)c1=O. The van der Waals surface area contributed by atoms with Crippen molar-refractivity contribution in [2.24, 2.45) is 0 Å². The minimum absolute atomic E-state index is 0.0162. The van der Waals surface area contributed by atoms with Crippen LogP contribution in [0.3, 0.4) is 0 Å². The number of nitrogens with zero attached hydrogens (tertiary/aromatic N) is 1. The lowest BCUT2D eigenvalue weighted by Gasteiger charge is -2.25. The van der Waals surface area contributed by atoms with E-state index in [1.54, 1.807) is 0 Å². The lowest BCUT2D eigenvalue weighted by molar-refractivity contribution is 0.396. The molecule has 1 rings (SSSR count). The highest BCUT2D eigenvalue weighted by atomic mass is 32.1. The third-order valence-corrected chi connectivity index (χ3v) is 3.38. The normalized spacial score (nSPS) is 12.3. The van der Waals surface area contributed by atoms with Crippen LogP contribution in [-0.4, -0.2) is 32.1 Å². The van der Waals surface area contributed by atoms with Gasteiger partial charge in [-0.05, 0) is 38.9 Å². The van der Waals surface area contributed by atoms with E-state index >= 15 is 0 Å². The van der Waals surface area contributed by atoms with Crippen LogP contribution in [0.2, 0.25) is 0 Å². The third kappa shape index (κ3) is 3.62. The van der Waals surface area contributed by atoms with E-state index in [4.69, 9.17) is 12.2 Å². The van der Waals surface area contributed by atoms with Crippen LogP contribution in [0.15, 0.2) is 4.79 Å². The Morgan fingerprint density at radius 3 is 2.33 bits per heavy atom. The van der Waals surface area contributed by atoms with Crippen LogP contribution in [0.5, 0.6) is 0 Å². The number of anilines is 1. The molecular formula is C14H24N2OS. The number of hydrogen-bond donors (Lipinski definition) is 1. The van der Waals surface area contributed by atoms with E-state index in [0.29, 0.717) is 4.51 Å². The summed E-state index contributed by atoms with van der Waals surface area (Å²) in [5.41, 5.74) is 1.74. The molecule has 0 bridgehead atoms. The molecule has 0 aromatic heterocycles. The van der Waals surface area contributed by atoms with Gasteiger partial charge in [0.25, 0.3) is 0 Å². The van der Waals surface area contributed by atoms with Crippen molar-refractivity contribution >= 4 is 17.9 Å². The number of rotatable bonds is 6. The Bertz CT molecular complexity index is 465. The predicted octanol–water partition coefficient (Wildman–Crippen LogP) is 2.70. The van der Waals surface area contributed by atoms with Gasteiger partial charge in [-0.1, -0.05) is 33.0 Å². The molecule has 0 saturated heterocycles. The third-order valence-electron chi connectivity index (χ3n) is 2.99. The second kappa shape index (κ2) is 5.93. The highest BCUT2D eigenvalue weighted by Gasteiger charge is 2.27. The molecule has 102 valence electrons. The van der Waals surface area contributed by atoms with Crippen molar-refractivity contribution in [2.75, 3.05) is 32.5 Å². The van der Waals surface area contributed by atoms with Crippen molar-refractivity contribution in [3.8, 4) is 0 Å². The molecule has 1 aromatic rings. The summed E-state index contributed by atoms with van der Waals surface area (Å²) in [6, 6.07) is 0.